The van der Waals surface area contributed by atoms with E-state index in [2.05, 4.69) is 51.7 Å². The number of hydrogen-bond acceptors (Lipinski definition) is 3. The molecule has 1 fully saturated rings. The highest BCUT2D eigenvalue weighted by atomic mass is 16.5. The Balaban J connectivity index is 1.70. The van der Waals surface area contributed by atoms with Crippen molar-refractivity contribution in [3.8, 4) is 0 Å². The van der Waals surface area contributed by atoms with Crippen LogP contribution in [0.2, 0.25) is 0 Å². The molecule has 0 spiro atoms. The molecule has 0 radical (unpaired) electrons. The molecule has 1 aromatic carbocycles. The topological polar surface area (TPSA) is 48.9 Å². The molecule has 0 aliphatic carbocycles. The molecule has 146 valence electrons. The number of aliphatic imine (C=N–C) groups is 1. The number of nitrogens with zero attached hydrogens (tertiary/aromatic N) is 2. The number of nitrogens with one attached hydrogen (secondary N) is 2. The number of guanidine groups is 1. The van der Waals surface area contributed by atoms with Gasteiger partial charge in [0.05, 0.1) is 6.61 Å². The maximum Gasteiger partial charge on any atom is 0.191 e. The van der Waals surface area contributed by atoms with E-state index in [1.165, 1.54) is 43.4 Å². The van der Waals surface area contributed by atoms with Crippen LogP contribution in [0.4, 0.5) is 0 Å². The van der Waals surface area contributed by atoms with E-state index in [4.69, 9.17) is 4.74 Å². The molecule has 1 unspecified atom stereocenters. The number of likely N-dealkylation sites (tertiary alicyclic amines) is 1. The molecule has 1 aliphatic heterocycles. The van der Waals surface area contributed by atoms with Gasteiger partial charge in [-0.25, -0.2) is 0 Å². The summed E-state index contributed by atoms with van der Waals surface area (Å²) in [6, 6.07) is 9.31. The van der Waals surface area contributed by atoms with Crippen molar-refractivity contribution in [1.29, 1.82) is 0 Å². The van der Waals surface area contributed by atoms with Gasteiger partial charge in [-0.2, -0.15) is 0 Å². The van der Waals surface area contributed by atoms with Crippen LogP contribution in [0.5, 0.6) is 0 Å². The minimum Gasteiger partial charge on any atom is -0.377 e. The van der Waals surface area contributed by atoms with Gasteiger partial charge in [0.15, 0.2) is 5.96 Å². The maximum absolute atomic E-state index is 5.44. The van der Waals surface area contributed by atoms with Crippen LogP contribution in [-0.4, -0.2) is 50.2 Å². The van der Waals surface area contributed by atoms with Gasteiger partial charge in [-0.3, -0.25) is 9.89 Å². The molecule has 2 rings (SSSR count). The Morgan fingerprint density at radius 3 is 2.62 bits per heavy atom. The molecule has 0 saturated carbocycles. The molecule has 1 aromatic rings. The molecule has 5 nitrogen and oxygen atoms in total. The van der Waals surface area contributed by atoms with Crippen LogP contribution in [0.15, 0.2) is 29.3 Å². The van der Waals surface area contributed by atoms with Gasteiger partial charge in [-0.15, -0.1) is 0 Å². The van der Waals surface area contributed by atoms with Crippen LogP contribution in [-0.2, 0) is 17.9 Å². The van der Waals surface area contributed by atoms with E-state index in [0.717, 1.165) is 38.2 Å². The van der Waals surface area contributed by atoms with Gasteiger partial charge >= 0.3 is 0 Å². The fourth-order valence-corrected chi connectivity index (χ4v) is 3.51. The zero-order valence-electron chi connectivity index (χ0n) is 16.8. The molecule has 2 N–H and O–H groups in total. The van der Waals surface area contributed by atoms with Crippen LogP contribution in [0, 0.1) is 0 Å². The molecule has 1 aliphatic rings. The van der Waals surface area contributed by atoms with Gasteiger partial charge in [0, 0.05) is 39.3 Å². The number of benzene rings is 1. The Bertz CT molecular complexity index is 529. The number of hydrogen-bond donors (Lipinski definition) is 2. The van der Waals surface area contributed by atoms with Crippen molar-refractivity contribution >= 4 is 5.96 Å². The highest BCUT2D eigenvalue weighted by molar-refractivity contribution is 5.79. The summed E-state index contributed by atoms with van der Waals surface area (Å²) in [5, 5.41) is 6.85. The lowest BCUT2D eigenvalue weighted by molar-refractivity contribution is 0.134. The molecule has 0 aromatic heterocycles. The fourth-order valence-electron chi connectivity index (χ4n) is 3.51. The molecule has 1 heterocycles. The minimum atomic E-state index is 0.683. The normalized spacial score (nSPS) is 18.7. The maximum atomic E-state index is 5.44. The second-order valence-electron chi connectivity index (χ2n) is 6.90. The van der Waals surface area contributed by atoms with Crippen LogP contribution in [0.1, 0.15) is 50.7 Å². The van der Waals surface area contributed by atoms with Crippen LogP contribution >= 0.6 is 0 Å². The summed E-state index contributed by atoms with van der Waals surface area (Å²) in [5.74, 6) is 0.869. The van der Waals surface area contributed by atoms with Gasteiger partial charge < -0.3 is 15.4 Å². The summed E-state index contributed by atoms with van der Waals surface area (Å²) in [6.07, 6.45) is 5.33. The Hall–Kier alpha value is -1.59. The number of piperidine rings is 1. The van der Waals surface area contributed by atoms with E-state index < -0.39 is 0 Å². The lowest BCUT2D eigenvalue weighted by atomic mass is 10.0. The van der Waals surface area contributed by atoms with Crippen molar-refractivity contribution in [2.45, 2.75) is 58.7 Å². The second-order valence-corrected chi connectivity index (χ2v) is 6.90. The first kappa shape index (κ1) is 20.7. The van der Waals surface area contributed by atoms with Crippen molar-refractivity contribution < 1.29 is 4.74 Å². The fraction of sp³-hybridized carbons (Fsp3) is 0.667. The summed E-state index contributed by atoms with van der Waals surface area (Å²) < 4.78 is 5.44. The SMILES string of the molecule is CCOCc1ccc(CNC(=NC)NCCN2CCCCC2CC)cc1. The van der Waals surface area contributed by atoms with Crippen molar-refractivity contribution in [3.05, 3.63) is 35.4 Å². The van der Waals surface area contributed by atoms with E-state index in [9.17, 15) is 0 Å². The monoisotopic (exact) mass is 360 g/mol. The first-order valence-corrected chi connectivity index (χ1v) is 10.1. The van der Waals surface area contributed by atoms with Gasteiger partial charge in [0.25, 0.3) is 0 Å². The molecule has 0 bridgehead atoms. The Morgan fingerprint density at radius 1 is 1.15 bits per heavy atom. The summed E-state index contributed by atoms with van der Waals surface area (Å²) in [7, 11) is 1.83. The summed E-state index contributed by atoms with van der Waals surface area (Å²) in [6.45, 7) is 9.79. The van der Waals surface area contributed by atoms with Crippen molar-refractivity contribution in [2.24, 2.45) is 4.99 Å². The van der Waals surface area contributed by atoms with Gasteiger partial charge in [0.1, 0.15) is 0 Å². The lowest BCUT2D eigenvalue weighted by Crippen LogP contribution is -2.45. The molecule has 5 heteroatoms. The number of rotatable bonds is 9. The summed E-state index contributed by atoms with van der Waals surface area (Å²) in [5.41, 5.74) is 2.46. The Labute approximate surface area is 159 Å². The third kappa shape index (κ3) is 6.96. The molecular weight excluding hydrogens is 324 g/mol. The molecule has 26 heavy (non-hydrogen) atoms. The lowest BCUT2D eigenvalue weighted by Gasteiger charge is -2.35. The zero-order valence-corrected chi connectivity index (χ0v) is 16.8. The second kappa shape index (κ2) is 11.9. The molecular formula is C21H36N4O. The smallest absolute Gasteiger partial charge is 0.191 e. The zero-order chi connectivity index (χ0) is 18.6. The van der Waals surface area contributed by atoms with Gasteiger partial charge in [0.2, 0.25) is 0 Å². The highest BCUT2D eigenvalue weighted by Gasteiger charge is 2.19. The first-order valence-electron chi connectivity index (χ1n) is 10.1. The highest BCUT2D eigenvalue weighted by Crippen LogP contribution is 2.18. The van der Waals surface area contributed by atoms with E-state index in [1.807, 2.05) is 14.0 Å². The van der Waals surface area contributed by atoms with Gasteiger partial charge in [-0.1, -0.05) is 37.6 Å². The number of ether oxygens (including phenoxy) is 1. The summed E-state index contributed by atoms with van der Waals surface area (Å²) in [4.78, 5) is 6.96. The van der Waals surface area contributed by atoms with Crippen LogP contribution in [0.3, 0.4) is 0 Å². The minimum absolute atomic E-state index is 0.683. The van der Waals surface area contributed by atoms with Crippen LogP contribution < -0.4 is 10.6 Å². The van der Waals surface area contributed by atoms with E-state index in [1.54, 1.807) is 0 Å². The molecule has 1 atom stereocenters. The average molecular weight is 361 g/mol. The first-order chi connectivity index (χ1) is 12.8. The quantitative estimate of drug-likeness (QED) is 0.525. The average Bonchev–Trinajstić information content (AvgIpc) is 2.70. The molecule has 0 amide bonds. The van der Waals surface area contributed by atoms with E-state index in [0.29, 0.717) is 6.61 Å². The van der Waals surface area contributed by atoms with Crippen LogP contribution in [0.25, 0.3) is 0 Å². The standard InChI is InChI=1S/C21H36N4O/c1-4-20-8-6-7-14-25(20)15-13-23-21(22-3)24-16-18-9-11-19(12-10-18)17-26-5-2/h9-12,20H,4-8,13-17H2,1-3H3,(H2,22,23,24). The summed E-state index contributed by atoms with van der Waals surface area (Å²) >= 11 is 0. The van der Waals surface area contributed by atoms with Gasteiger partial charge in [-0.05, 0) is 43.9 Å². The van der Waals surface area contributed by atoms with E-state index >= 15 is 0 Å². The largest absolute Gasteiger partial charge is 0.377 e. The Morgan fingerprint density at radius 2 is 1.92 bits per heavy atom. The third-order valence-electron chi connectivity index (χ3n) is 5.09. The van der Waals surface area contributed by atoms with E-state index in [-0.39, 0.29) is 0 Å². The predicted octanol–water partition coefficient (Wildman–Crippen LogP) is 3.15. The molecule has 1 saturated heterocycles. The predicted molar refractivity (Wildman–Crippen MR) is 109 cm³/mol. The third-order valence-corrected chi connectivity index (χ3v) is 5.09. The van der Waals surface area contributed by atoms with Crippen molar-refractivity contribution in [3.63, 3.8) is 0 Å². The van der Waals surface area contributed by atoms with Crippen molar-refractivity contribution in [2.75, 3.05) is 33.3 Å². The van der Waals surface area contributed by atoms with Crippen molar-refractivity contribution in [1.82, 2.24) is 15.5 Å². The Kier molecular flexibility index (Phi) is 9.50.